The highest BCUT2D eigenvalue weighted by Crippen LogP contribution is 2.38. The first-order chi connectivity index (χ1) is 10.2. The number of hydrogen-bond acceptors (Lipinski definition) is 3. The number of rotatable bonds is 5. The van der Waals surface area contributed by atoms with Gasteiger partial charge in [-0.05, 0) is 43.7 Å². The van der Waals surface area contributed by atoms with Crippen LogP contribution in [0.2, 0.25) is 0 Å². The van der Waals surface area contributed by atoms with Crippen molar-refractivity contribution in [3.8, 4) is 0 Å². The minimum Gasteiger partial charge on any atom is -0.478 e. The van der Waals surface area contributed by atoms with Crippen molar-refractivity contribution in [2.45, 2.75) is 31.7 Å². The Kier molecular flexibility index (Phi) is 2.84. The van der Waals surface area contributed by atoms with Gasteiger partial charge in [0.15, 0.2) is 0 Å². The standard InChI is InChI=1S/C17H18N2O2/c20-17(21)14-9-12-3-1-2-4-15(12)18-16(14)19(13-7-8-13)10-11-5-6-11/h1-4,9,11,13H,5-8,10H2,(H,20,21). The number of pyridine rings is 1. The van der Waals surface area contributed by atoms with E-state index >= 15 is 0 Å². The zero-order valence-electron chi connectivity index (χ0n) is 11.8. The van der Waals surface area contributed by atoms with Crippen LogP contribution in [0.5, 0.6) is 0 Å². The summed E-state index contributed by atoms with van der Waals surface area (Å²) in [7, 11) is 0. The van der Waals surface area contributed by atoms with E-state index in [4.69, 9.17) is 0 Å². The molecule has 4 heteroatoms. The van der Waals surface area contributed by atoms with E-state index in [0.717, 1.165) is 36.2 Å². The van der Waals surface area contributed by atoms with Crippen molar-refractivity contribution >= 4 is 22.7 Å². The number of aromatic carboxylic acids is 1. The smallest absolute Gasteiger partial charge is 0.339 e. The molecular weight excluding hydrogens is 264 g/mol. The summed E-state index contributed by atoms with van der Waals surface area (Å²) >= 11 is 0. The molecule has 4 rings (SSSR count). The van der Waals surface area contributed by atoms with Crippen LogP contribution in [-0.2, 0) is 0 Å². The van der Waals surface area contributed by atoms with Gasteiger partial charge in [0.2, 0.25) is 0 Å². The average molecular weight is 282 g/mol. The number of hydrogen-bond donors (Lipinski definition) is 1. The van der Waals surface area contributed by atoms with Gasteiger partial charge in [-0.15, -0.1) is 0 Å². The SMILES string of the molecule is O=C(O)c1cc2ccccc2nc1N(CC1CC1)C1CC1. The fourth-order valence-electron chi connectivity index (χ4n) is 2.86. The molecule has 1 heterocycles. The highest BCUT2D eigenvalue weighted by Gasteiger charge is 2.36. The van der Waals surface area contributed by atoms with E-state index in [0.29, 0.717) is 17.4 Å². The van der Waals surface area contributed by atoms with Gasteiger partial charge in [0.05, 0.1) is 5.52 Å². The van der Waals surface area contributed by atoms with Gasteiger partial charge in [-0.3, -0.25) is 0 Å². The molecule has 21 heavy (non-hydrogen) atoms. The fourth-order valence-corrected chi connectivity index (χ4v) is 2.86. The number of carboxylic acid groups (broad SMARTS) is 1. The van der Waals surface area contributed by atoms with Crippen LogP contribution in [0.15, 0.2) is 30.3 Å². The summed E-state index contributed by atoms with van der Waals surface area (Å²) in [6.07, 6.45) is 4.83. The van der Waals surface area contributed by atoms with E-state index in [2.05, 4.69) is 9.88 Å². The first-order valence-electron chi connectivity index (χ1n) is 7.62. The molecule has 0 unspecified atom stereocenters. The second-order valence-corrected chi connectivity index (χ2v) is 6.18. The fraction of sp³-hybridized carbons (Fsp3) is 0.412. The van der Waals surface area contributed by atoms with Gasteiger partial charge in [-0.25, -0.2) is 9.78 Å². The molecule has 0 bridgehead atoms. The average Bonchev–Trinajstić information content (AvgIpc) is 3.36. The van der Waals surface area contributed by atoms with Crippen LogP contribution < -0.4 is 4.90 Å². The second kappa shape index (κ2) is 4.72. The molecule has 1 aromatic heterocycles. The molecule has 0 spiro atoms. The number of carbonyl (C=O) groups is 1. The minimum absolute atomic E-state index is 0.334. The molecule has 1 aromatic carbocycles. The Hall–Kier alpha value is -2.10. The summed E-state index contributed by atoms with van der Waals surface area (Å²) in [6.45, 7) is 0.955. The lowest BCUT2D eigenvalue weighted by Crippen LogP contribution is -2.30. The van der Waals surface area contributed by atoms with E-state index in [1.165, 1.54) is 12.8 Å². The van der Waals surface area contributed by atoms with Crippen molar-refractivity contribution in [2.24, 2.45) is 5.92 Å². The number of nitrogens with zero attached hydrogens (tertiary/aromatic N) is 2. The zero-order valence-corrected chi connectivity index (χ0v) is 11.8. The van der Waals surface area contributed by atoms with Gasteiger partial charge in [0.1, 0.15) is 11.4 Å². The molecule has 2 aromatic rings. The van der Waals surface area contributed by atoms with Crippen LogP contribution in [0.1, 0.15) is 36.0 Å². The lowest BCUT2D eigenvalue weighted by Gasteiger charge is -2.25. The number of fused-ring (bicyclic) bond motifs is 1. The van der Waals surface area contributed by atoms with E-state index in [-0.39, 0.29) is 0 Å². The predicted octanol–water partition coefficient (Wildman–Crippen LogP) is 3.31. The van der Waals surface area contributed by atoms with Crippen LogP contribution in [0.25, 0.3) is 10.9 Å². The highest BCUT2D eigenvalue weighted by molar-refractivity contribution is 5.98. The Morgan fingerprint density at radius 2 is 2.00 bits per heavy atom. The number of anilines is 1. The van der Waals surface area contributed by atoms with Gasteiger partial charge in [-0.2, -0.15) is 0 Å². The maximum Gasteiger partial charge on any atom is 0.339 e. The summed E-state index contributed by atoms with van der Waals surface area (Å²) < 4.78 is 0. The Morgan fingerprint density at radius 1 is 1.24 bits per heavy atom. The monoisotopic (exact) mass is 282 g/mol. The summed E-state index contributed by atoms with van der Waals surface area (Å²) in [4.78, 5) is 18.6. The van der Waals surface area contributed by atoms with Gasteiger partial charge in [-0.1, -0.05) is 18.2 Å². The topological polar surface area (TPSA) is 53.4 Å². The minimum atomic E-state index is -0.885. The quantitative estimate of drug-likeness (QED) is 0.914. The highest BCUT2D eigenvalue weighted by atomic mass is 16.4. The third-order valence-corrected chi connectivity index (χ3v) is 4.35. The molecule has 0 aliphatic heterocycles. The maximum absolute atomic E-state index is 11.6. The molecule has 0 radical (unpaired) electrons. The number of carboxylic acids is 1. The molecule has 0 atom stereocenters. The van der Waals surface area contributed by atoms with Gasteiger partial charge < -0.3 is 10.0 Å². The predicted molar refractivity (Wildman–Crippen MR) is 81.8 cm³/mol. The summed E-state index contributed by atoms with van der Waals surface area (Å²) in [5.74, 6) is 0.501. The first-order valence-corrected chi connectivity index (χ1v) is 7.62. The normalized spacial score (nSPS) is 17.9. The van der Waals surface area contributed by atoms with E-state index in [1.54, 1.807) is 6.07 Å². The molecule has 2 aliphatic carbocycles. The lowest BCUT2D eigenvalue weighted by atomic mass is 10.1. The third kappa shape index (κ3) is 2.46. The van der Waals surface area contributed by atoms with Gasteiger partial charge >= 0.3 is 5.97 Å². The first kappa shape index (κ1) is 12.6. The Balaban J connectivity index is 1.83. The third-order valence-electron chi connectivity index (χ3n) is 4.35. The van der Waals surface area contributed by atoms with Crippen molar-refractivity contribution in [2.75, 3.05) is 11.4 Å². The second-order valence-electron chi connectivity index (χ2n) is 6.18. The van der Waals surface area contributed by atoms with Crippen LogP contribution in [-0.4, -0.2) is 28.6 Å². The number of para-hydroxylation sites is 1. The molecule has 0 amide bonds. The van der Waals surface area contributed by atoms with Crippen molar-refractivity contribution in [1.82, 2.24) is 4.98 Å². The molecule has 4 nitrogen and oxygen atoms in total. The maximum atomic E-state index is 11.6. The Bertz CT molecular complexity index is 705. The molecule has 2 saturated carbocycles. The van der Waals surface area contributed by atoms with E-state index in [9.17, 15) is 9.90 Å². The molecule has 108 valence electrons. The van der Waals surface area contributed by atoms with E-state index in [1.807, 2.05) is 24.3 Å². The lowest BCUT2D eigenvalue weighted by molar-refractivity contribution is 0.0697. The Labute approximate surface area is 123 Å². The van der Waals surface area contributed by atoms with Gasteiger partial charge in [0.25, 0.3) is 0 Å². The van der Waals surface area contributed by atoms with Crippen LogP contribution in [0, 0.1) is 5.92 Å². The Morgan fingerprint density at radius 3 is 2.67 bits per heavy atom. The van der Waals surface area contributed by atoms with Crippen LogP contribution >= 0.6 is 0 Å². The zero-order chi connectivity index (χ0) is 14.4. The molecular formula is C17H18N2O2. The molecule has 0 saturated heterocycles. The van der Waals surface area contributed by atoms with Crippen molar-refractivity contribution < 1.29 is 9.90 Å². The van der Waals surface area contributed by atoms with Crippen molar-refractivity contribution in [1.29, 1.82) is 0 Å². The largest absolute Gasteiger partial charge is 0.478 e. The van der Waals surface area contributed by atoms with Crippen molar-refractivity contribution in [3.05, 3.63) is 35.9 Å². The van der Waals surface area contributed by atoms with Crippen LogP contribution in [0.4, 0.5) is 5.82 Å². The summed E-state index contributed by atoms with van der Waals surface area (Å²) in [5, 5.41) is 10.4. The summed E-state index contributed by atoms with van der Waals surface area (Å²) in [6, 6.07) is 9.98. The van der Waals surface area contributed by atoms with E-state index < -0.39 is 5.97 Å². The number of aromatic nitrogens is 1. The van der Waals surface area contributed by atoms with Gasteiger partial charge in [0, 0.05) is 18.0 Å². The molecule has 2 aliphatic rings. The summed E-state index contributed by atoms with van der Waals surface area (Å²) in [5.41, 5.74) is 1.21. The molecule has 1 N–H and O–H groups in total. The van der Waals surface area contributed by atoms with Crippen LogP contribution in [0.3, 0.4) is 0 Å². The van der Waals surface area contributed by atoms with Crippen molar-refractivity contribution in [3.63, 3.8) is 0 Å². The molecule has 2 fully saturated rings. The number of benzene rings is 1.